The first kappa shape index (κ1) is 19.2. The van der Waals surface area contributed by atoms with Gasteiger partial charge in [-0.05, 0) is 35.7 Å². The molecule has 1 aliphatic rings. The molecule has 3 aromatic rings. The van der Waals surface area contributed by atoms with Crippen LogP contribution in [0.25, 0.3) is 10.7 Å². The average Bonchev–Trinajstić information content (AvgIpc) is 3.48. The number of hydrogen-bond donors (Lipinski definition) is 1. The van der Waals surface area contributed by atoms with Crippen molar-refractivity contribution in [1.82, 2.24) is 19.8 Å². The van der Waals surface area contributed by atoms with Gasteiger partial charge in [-0.25, -0.2) is 8.42 Å². The summed E-state index contributed by atoms with van der Waals surface area (Å²) in [6, 6.07) is 7.09. The monoisotopic (exact) mass is 438 g/mol. The summed E-state index contributed by atoms with van der Waals surface area (Å²) in [4.78, 5) is 17.7. The van der Waals surface area contributed by atoms with E-state index >= 15 is 0 Å². The maximum Gasteiger partial charge on any atom is 0.252 e. The first-order chi connectivity index (χ1) is 13.5. The van der Waals surface area contributed by atoms with Crippen molar-refractivity contribution in [3.63, 3.8) is 0 Å². The second-order valence-electron chi connectivity index (χ2n) is 6.34. The molecule has 28 heavy (non-hydrogen) atoms. The Balaban J connectivity index is 1.36. The van der Waals surface area contributed by atoms with Crippen LogP contribution in [0, 0.1) is 5.92 Å². The fourth-order valence-corrected chi connectivity index (χ4v) is 6.37. The van der Waals surface area contributed by atoms with Gasteiger partial charge in [-0.15, -0.1) is 22.7 Å². The number of thiophene rings is 2. The summed E-state index contributed by atoms with van der Waals surface area (Å²) >= 11 is 2.69. The van der Waals surface area contributed by atoms with Crippen LogP contribution >= 0.6 is 22.7 Å². The number of nitrogens with zero attached hydrogens (tertiary/aromatic N) is 3. The van der Waals surface area contributed by atoms with Crippen LogP contribution in [0.3, 0.4) is 0 Å². The van der Waals surface area contributed by atoms with E-state index < -0.39 is 15.9 Å². The molecular weight excluding hydrogens is 420 g/mol. The number of sulfonamides is 1. The molecule has 1 atom stereocenters. The third-order valence-electron chi connectivity index (χ3n) is 4.47. The minimum atomic E-state index is -3.54. The number of hydrogen-bond acceptors (Lipinski definition) is 8. The lowest BCUT2D eigenvalue weighted by Gasteiger charge is -2.30. The fourth-order valence-electron chi connectivity index (χ4n) is 3.05. The molecule has 1 aliphatic heterocycles. The topological polar surface area (TPSA) is 105 Å². The normalized spacial score (nSPS) is 18.2. The van der Waals surface area contributed by atoms with E-state index in [0.29, 0.717) is 35.3 Å². The standard InChI is InChI=1S/C17H18N4O4S3/c22-17(18-10-14-19-16(20-25-14)13-5-2-8-26-13)12-4-1-7-21(11-12)28(23,24)15-6-3-9-27-15/h2-3,5-6,8-9,12H,1,4,7,10-11H2,(H,18,22)/t12-/m1/s1. The van der Waals surface area contributed by atoms with Crippen LogP contribution in [0.1, 0.15) is 18.7 Å². The van der Waals surface area contributed by atoms with Crippen molar-refractivity contribution in [3.05, 3.63) is 40.9 Å². The fraction of sp³-hybridized carbons (Fsp3) is 0.353. The molecule has 4 rings (SSSR count). The van der Waals surface area contributed by atoms with Crippen LogP contribution in [-0.2, 0) is 21.4 Å². The Bertz CT molecular complexity index is 1030. The van der Waals surface area contributed by atoms with Crippen LogP contribution in [-0.4, -0.2) is 41.9 Å². The molecule has 1 fully saturated rings. The second kappa shape index (κ2) is 8.11. The number of nitrogens with one attached hydrogen (secondary N) is 1. The van der Waals surface area contributed by atoms with Crippen molar-refractivity contribution in [2.75, 3.05) is 13.1 Å². The van der Waals surface area contributed by atoms with Gasteiger partial charge in [0.15, 0.2) is 0 Å². The smallest absolute Gasteiger partial charge is 0.252 e. The number of rotatable bonds is 6. The lowest BCUT2D eigenvalue weighted by molar-refractivity contribution is -0.126. The highest BCUT2D eigenvalue weighted by Gasteiger charge is 2.33. The predicted octanol–water partition coefficient (Wildman–Crippen LogP) is 2.58. The Kier molecular flexibility index (Phi) is 5.58. The Morgan fingerprint density at radius 2 is 2.11 bits per heavy atom. The van der Waals surface area contributed by atoms with Crippen LogP contribution in [0.2, 0.25) is 0 Å². The lowest BCUT2D eigenvalue weighted by Crippen LogP contribution is -2.45. The van der Waals surface area contributed by atoms with Crippen LogP contribution in [0.15, 0.2) is 43.8 Å². The molecule has 0 saturated carbocycles. The summed E-state index contributed by atoms with van der Waals surface area (Å²) in [6.45, 7) is 0.722. The lowest BCUT2D eigenvalue weighted by atomic mass is 9.99. The average molecular weight is 439 g/mol. The van der Waals surface area contributed by atoms with Gasteiger partial charge in [0.25, 0.3) is 10.0 Å². The molecule has 3 aromatic heterocycles. The van der Waals surface area contributed by atoms with Gasteiger partial charge in [0.1, 0.15) is 4.21 Å². The Labute approximate surface area is 170 Å². The molecule has 148 valence electrons. The minimum absolute atomic E-state index is 0.116. The quantitative estimate of drug-likeness (QED) is 0.634. The second-order valence-corrected chi connectivity index (χ2v) is 10.4. The van der Waals surface area contributed by atoms with Crippen molar-refractivity contribution in [2.24, 2.45) is 5.92 Å². The zero-order chi connectivity index (χ0) is 19.6. The van der Waals surface area contributed by atoms with Crippen molar-refractivity contribution in [2.45, 2.75) is 23.6 Å². The Morgan fingerprint density at radius 1 is 1.29 bits per heavy atom. The Hall–Kier alpha value is -2.08. The first-order valence-electron chi connectivity index (χ1n) is 8.72. The molecule has 0 spiro atoms. The number of piperidine rings is 1. The zero-order valence-corrected chi connectivity index (χ0v) is 17.2. The van der Waals surface area contributed by atoms with E-state index in [0.717, 1.165) is 4.88 Å². The van der Waals surface area contributed by atoms with Crippen LogP contribution in [0.5, 0.6) is 0 Å². The molecule has 0 aromatic carbocycles. The molecule has 0 aliphatic carbocycles. The molecule has 1 N–H and O–H groups in total. The van der Waals surface area contributed by atoms with Gasteiger partial charge in [-0.2, -0.15) is 9.29 Å². The van der Waals surface area contributed by atoms with E-state index in [1.807, 2.05) is 17.5 Å². The molecule has 8 nitrogen and oxygen atoms in total. The van der Waals surface area contributed by atoms with E-state index in [-0.39, 0.29) is 19.0 Å². The zero-order valence-electron chi connectivity index (χ0n) is 14.8. The van der Waals surface area contributed by atoms with Gasteiger partial charge >= 0.3 is 0 Å². The summed E-state index contributed by atoms with van der Waals surface area (Å²) in [5.74, 6) is 0.200. The van der Waals surface area contributed by atoms with Crippen LogP contribution in [0.4, 0.5) is 0 Å². The van der Waals surface area contributed by atoms with Crippen LogP contribution < -0.4 is 5.32 Å². The van der Waals surface area contributed by atoms with Gasteiger partial charge in [0.2, 0.25) is 17.6 Å². The number of carbonyl (C=O) groups is 1. The van der Waals surface area contributed by atoms with E-state index in [1.165, 1.54) is 27.0 Å². The number of amides is 1. The molecule has 11 heteroatoms. The Morgan fingerprint density at radius 3 is 2.86 bits per heavy atom. The maximum absolute atomic E-state index is 12.7. The summed E-state index contributed by atoms with van der Waals surface area (Å²) in [5.41, 5.74) is 0. The predicted molar refractivity (Wildman–Crippen MR) is 105 cm³/mol. The van der Waals surface area contributed by atoms with E-state index in [1.54, 1.807) is 17.5 Å². The summed E-state index contributed by atoms with van der Waals surface area (Å²) in [7, 11) is -3.54. The SMILES string of the molecule is O=C(NCc1nc(-c2cccs2)no1)[C@@H]1CCCN(S(=O)(=O)c2cccs2)C1. The van der Waals surface area contributed by atoms with Crippen molar-refractivity contribution in [3.8, 4) is 10.7 Å². The highest BCUT2D eigenvalue weighted by Crippen LogP contribution is 2.26. The summed E-state index contributed by atoms with van der Waals surface area (Å²) < 4.78 is 32.2. The van der Waals surface area contributed by atoms with Crippen molar-refractivity contribution in [1.29, 1.82) is 0 Å². The molecule has 0 bridgehead atoms. The molecule has 0 radical (unpaired) electrons. The highest BCUT2D eigenvalue weighted by molar-refractivity contribution is 7.91. The molecule has 1 amide bonds. The van der Waals surface area contributed by atoms with E-state index in [4.69, 9.17) is 4.52 Å². The maximum atomic E-state index is 12.7. The summed E-state index contributed by atoms with van der Waals surface area (Å²) in [5, 5.41) is 10.3. The van der Waals surface area contributed by atoms with E-state index in [2.05, 4.69) is 15.5 Å². The van der Waals surface area contributed by atoms with Crippen molar-refractivity contribution >= 4 is 38.6 Å². The highest BCUT2D eigenvalue weighted by atomic mass is 32.2. The minimum Gasteiger partial charge on any atom is -0.347 e. The number of aromatic nitrogens is 2. The summed E-state index contributed by atoms with van der Waals surface area (Å²) in [6.07, 6.45) is 1.29. The van der Waals surface area contributed by atoms with Gasteiger partial charge < -0.3 is 9.84 Å². The third-order valence-corrected chi connectivity index (χ3v) is 8.57. The first-order valence-corrected chi connectivity index (χ1v) is 11.9. The van der Waals surface area contributed by atoms with Gasteiger partial charge in [0.05, 0.1) is 17.3 Å². The molecule has 1 saturated heterocycles. The molecular formula is C17H18N4O4S3. The van der Waals surface area contributed by atoms with Gasteiger partial charge in [0, 0.05) is 13.1 Å². The van der Waals surface area contributed by atoms with Crippen molar-refractivity contribution < 1.29 is 17.7 Å². The molecule has 0 unspecified atom stereocenters. The third kappa shape index (κ3) is 4.02. The van der Waals surface area contributed by atoms with Gasteiger partial charge in [-0.1, -0.05) is 17.3 Å². The largest absolute Gasteiger partial charge is 0.347 e. The number of carbonyl (C=O) groups excluding carboxylic acids is 1. The van der Waals surface area contributed by atoms with Gasteiger partial charge in [-0.3, -0.25) is 4.79 Å². The van der Waals surface area contributed by atoms with E-state index in [9.17, 15) is 13.2 Å². The molecule has 4 heterocycles.